The maximum atomic E-state index is 13.8. The average Bonchev–Trinajstić information content (AvgIpc) is 1.66. The second-order valence-electron chi connectivity index (χ2n) is 31.6. The van der Waals surface area contributed by atoms with Crippen LogP contribution in [-0.4, -0.2) is 233 Å². The molecule has 0 bridgehead atoms. The lowest BCUT2D eigenvalue weighted by Gasteiger charge is -2.27. The molecule has 11 rings (SSSR count). The zero-order valence-corrected chi connectivity index (χ0v) is 69.5. The quantitative estimate of drug-likeness (QED) is 0.0203. The zero-order valence-electron chi connectivity index (χ0n) is 71.5. The summed E-state index contributed by atoms with van der Waals surface area (Å²) in [5, 5.41) is 20.0. The molecule has 27 nitrogen and oxygen atoms in total. The number of aliphatic carboxylic acids is 1. The molecule has 0 spiro atoms. The van der Waals surface area contributed by atoms with Gasteiger partial charge in [-0.2, -0.15) is 0 Å². The molecule has 7 N–H and O–H groups in total. The molecule has 11 atom stereocenters. The number of rotatable bonds is 41. The van der Waals surface area contributed by atoms with Gasteiger partial charge in [0.2, 0.25) is 23.6 Å². The summed E-state index contributed by atoms with van der Waals surface area (Å²) in [7, 11) is 4.76. The standard InChI is InChI=1S/C32H41N3O7.C27H33NO5.C26H32N2O5.C6H11NO3.2H2/c1-22(33-29(37)20-35-13-15-41-16-14-35)28(36)19-25(17-24-9-11-26(40-3)12-10-24)31(39)34-27(30(38)32(2)21-42-32)18-23-7-5-4-6-8-23;1-18(2)24(29)16-21(14-20-10-12-22(32-4)13-11-20)26(31)28-23(25(30)27(3)17-33-27)15-19-8-6-5-7-9-19;1-17(27)23(29)15-20(13-19-9-11-21(32-3)12-10-19)25(31)28-22(24(30)26(2)16-33-26)14-18-7-5-4-6-8-18;8-6(9)5-7-1-3-10-4-2-7;;/h4-12,22,25,27H,13-21H2,1-3H3,(H,33,37)(H,34,39);5-13,18,21,23H,14-17H2,1-4H3,(H,28,31);4-12,17,20,22H,13-16,27H2,1-3H3,(H,28,31);1-5H2,(H,8,9);2*1H/t22-,25?,27-,32+;21?,23-,27+;17-,20?,22-,26+;;;/m000.../s1/i;;;;1+1D;1+1. The van der Waals surface area contributed by atoms with Gasteiger partial charge in [0.05, 0.1) is 111 Å². The Morgan fingerprint density at radius 3 is 0.966 bits per heavy atom. The van der Waals surface area contributed by atoms with Crippen molar-refractivity contribution in [3.63, 3.8) is 0 Å². The Bertz CT molecular complexity index is 4120. The smallest absolute Gasteiger partial charge is 0.317 e. The summed E-state index contributed by atoms with van der Waals surface area (Å²) >= 11 is 0. The summed E-state index contributed by atoms with van der Waals surface area (Å²) in [6, 6.07) is 46.9. The van der Waals surface area contributed by atoms with Gasteiger partial charge in [0.15, 0.2) is 23.1 Å². The number of nitrogens with one attached hydrogen (secondary N) is 4. The number of carboxylic acids is 1. The minimum atomic E-state index is -0.923. The normalized spacial score (nSPS) is 20.0. The van der Waals surface area contributed by atoms with E-state index in [1.165, 1.54) is 0 Å². The topological polar surface area (TPSA) is 372 Å². The lowest BCUT2D eigenvalue weighted by molar-refractivity contribution is -0.139. The first-order chi connectivity index (χ1) is 57.4. The Kier molecular flexibility index (Phi) is 35.5. The molecule has 5 fully saturated rings. The van der Waals surface area contributed by atoms with Gasteiger partial charge in [0.25, 0.3) is 0 Å². The van der Waals surface area contributed by atoms with Gasteiger partial charge in [-0.3, -0.25) is 62.5 Å². The van der Waals surface area contributed by atoms with E-state index in [1.807, 2.05) is 175 Å². The SMILES string of the molecule is COc1ccc(CC(CC(=O)C(C)C)C(=O)N[C@@H](Cc2ccccc2)C(=O)[C@@]2(C)CO2)cc1.COc1ccc(CC(CC(=O)[C@H](C)N)C(=O)N[C@@H](Cc2ccccc2)C(=O)[C@@]2(C)CO2)cc1.COc1ccc(CC(CC(=O)[C@H](C)NC(=O)CN2CCOCC2)C(=O)N[C@@H](Cc2ccccc2)C(=O)[C@@]2(C)CO2)cc1.O=C(O)CN1CCOCC1.[2HH].[2H][2H]. The average molecular weight is 1640 g/mol. The van der Waals surface area contributed by atoms with Gasteiger partial charge in [-0.25, -0.2) is 0 Å². The van der Waals surface area contributed by atoms with Crippen molar-refractivity contribution in [2.24, 2.45) is 29.4 Å². The fourth-order valence-corrected chi connectivity index (χ4v) is 13.4. The monoisotopic (exact) mass is 1630 g/mol. The van der Waals surface area contributed by atoms with E-state index in [9.17, 15) is 52.7 Å². The second kappa shape index (κ2) is 45.6. The predicted molar refractivity (Wildman–Crippen MR) is 446 cm³/mol. The number of ether oxygens (including phenoxy) is 8. The Morgan fingerprint density at radius 1 is 0.415 bits per heavy atom. The number of carbonyl (C=O) groups excluding carboxylic acids is 10. The number of nitrogens with two attached hydrogens (primary N) is 1. The number of benzene rings is 6. The van der Waals surface area contributed by atoms with Crippen LogP contribution in [-0.2, 0) is 115 Å². The van der Waals surface area contributed by atoms with Crippen LogP contribution < -0.4 is 41.2 Å². The third kappa shape index (κ3) is 30.6. The number of Topliss-reactive ketones (excluding diaryl/α,β-unsaturated/α-hetero) is 6. The van der Waals surface area contributed by atoms with Crippen molar-refractivity contribution in [2.75, 3.05) is 107 Å². The van der Waals surface area contributed by atoms with Crippen LogP contribution in [0.3, 0.4) is 0 Å². The number of ketones is 6. The first-order valence-electron chi connectivity index (χ1n) is 41.3. The molecule has 5 heterocycles. The molecule has 5 aliphatic rings. The highest BCUT2D eigenvalue weighted by atomic mass is 16.6. The number of hydrogen-bond acceptors (Lipinski definition) is 22. The summed E-state index contributed by atoms with van der Waals surface area (Å²) < 4.78 is 52.1. The zero-order chi connectivity index (χ0) is 87.5. The van der Waals surface area contributed by atoms with E-state index in [1.54, 1.807) is 68.1 Å². The maximum Gasteiger partial charge on any atom is 0.317 e. The summed E-state index contributed by atoms with van der Waals surface area (Å²) in [5.74, 6) is -3.05. The molecule has 4 amide bonds. The second-order valence-corrected chi connectivity index (χ2v) is 31.6. The molecule has 640 valence electrons. The third-order valence-corrected chi connectivity index (χ3v) is 21.4. The van der Waals surface area contributed by atoms with Crippen molar-refractivity contribution in [3.8, 4) is 17.2 Å². The van der Waals surface area contributed by atoms with Crippen molar-refractivity contribution in [2.45, 2.75) is 153 Å². The molecule has 6 aromatic rings. The van der Waals surface area contributed by atoms with Crippen molar-refractivity contribution in [3.05, 3.63) is 197 Å². The van der Waals surface area contributed by atoms with Crippen LogP contribution >= 0.6 is 0 Å². The van der Waals surface area contributed by atoms with Crippen molar-refractivity contribution < 1.29 is 100 Å². The van der Waals surface area contributed by atoms with Gasteiger partial charge in [0, 0.05) is 73.5 Å². The molecule has 5 saturated heterocycles. The fourth-order valence-electron chi connectivity index (χ4n) is 13.4. The van der Waals surface area contributed by atoms with E-state index in [0.717, 1.165) is 52.2 Å². The summed E-state index contributed by atoms with van der Waals surface area (Å²) in [4.78, 5) is 145. The first-order valence-corrected chi connectivity index (χ1v) is 40.3. The minimum Gasteiger partial charge on any atom is -0.497 e. The fraction of sp³-hybridized carbons (Fsp3) is 0.484. The van der Waals surface area contributed by atoms with Gasteiger partial charge in [0.1, 0.15) is 45.6 Å². The molecule has 6 aromatic carbocycles. The Balaban J connectivity index is 0.000000263. The molecule has 27 heteroatoms. The number of morpholine rings is 2. The van der Waals surface area contributed by atoms with Crippen LogP contribution in [0.15, 0.2) is 164 Å². The van der Waals surface area contributed by atoms with Gasteiger partial charge >= 0.3 is 5.97 Å². The summed E-state index contributed by atoms with van der Waals surface area (Å²) in [6.07, 6.45) is 2.06. The number of hydrogen-bond donors (Lipinski definition) is 6. The molecule has 0 radical (unpaired) electrons. The van der Waals surface area contributed by atoms with Crippen LogP contribution in [0, 0.1) is 23.7 Å². The molecule has 0 saturated carbocycles. The van der Waals surface area contributed by atoms with E-state index >= 15 is 0 Å². The third-order valence-electron chi connectivity index (χ3n) is 21.4. The highest BCUT2D eigenvalue weighted by Gasteiger charge is 2.52. The number of epoxide rings is 3. The van der Waals surface area contributed by atoms with Crippen LogP contribution in [0.1, 0.15) is 106 Å². The molecular weight excluding hydrogens is 1510 g/mol. The molecule has 0 aromatic heterocycles. The largest absolute Gasteiger partial charge is 0.497 e. The highest BCUT2D eigenvalue weighted by molar-refractivity contribution is 6.00. The minimum absolute atomic E-state index is 0. The summed E-state index contributed by atoms with van der Waals surface area (Å²) in [5.41, 5.74) is 8.55. The Morgan fingerprint density at radius 2 is 0.695 bits per heavy atom. The number of nitrogens with zero attached hydrogens (tertiary/aromatic N) is 2. The van der Waals surface area contributed by atoms with Gasteiger partial charge < -0.3 is 70.0 Å². The number of carboxylic acid groups (broad SMARTS) is 1. The highest BCUT2D eigenvalue weighted by Crippen LogP contribution is 2.33. The van der Waals surface area contributed by atoms with Crippen LogP contribution in [0.5, 0.6) is 17.2 Å². The number of carbonyl (C=O) groups is 11. The van der Waals surface area contributed by atoms with Crippen molar-refractivity contribution in [1.29, 1.82) is 0 Å². The number of methoxy groups -OCH3 is 3. The Hall–Kier alpha value is -10.2. The van der Waals surface area contributed by atoms with E-state index in [0.29, 0.717) is 103 Å². The van der Waals surface area contributed by atoms with Crippen LogP contribution in [0.4, 0.5) is 0 Å². The van der Waals surface area contributed by atoms with Gasteiger partial charge in [-0.1, -0.05) is 141 Å². The van der Waals surface area contributed by atoms with Crippen LogP contribution in [0.2, 0.25) is 0 Å². The molecule has 118 heavy (non-hydrogen) atoms. The van der Waals surface area contributed by atoms with E-state index in [2.05, 4.69) is 21.3 Å². The van der Waals surface area contributed by atoms with Crippen molar-refractivity contribution >= 4 is 64.3 Å². The van der Waals surface area contributed by atoms with E-state index in [-0.39, 0.29) is 98.5 Å². The van der Waals surface area contributed by atoms with Gasteiger partial charge in [-0.15, -0.1) is 0 Å². The summed E-state index contributed by atoms with van der Waals surface area (Å²) in [6.45, 7) is 18.7. The van der Waals surface area contributed by atoms with E-state index in [4.69, 9.17) is 51.7 Å². The molecule has 0 aliphatic carbocycles. The number of amides is 4. The lowest BCUT2D eigenvalue weighted by atomic mass is 9.89. The lowest BCUT2D eigenvalue weighted by Crippen LogP contribution is -2.50. The molecule has 5 aliphatic heterocycles. The van der Waals surface area contributed by atoms with Crippen molar-refractivity contribution in [1.82, 2.24) is 31.1 Å². The maximum absolute atomic E-state index is 13.8. The predicted octanol–water partition coefficient (Wildman–Crippen LogP) is 7.43. The van der Waals surface area contributed by atoms with Gasteiger partial charge in [-0.05, 0) is 143 Å². The Labute approximate surface area is 696 Å². The first kappa shape index (κ1) is 91.7. The van der Waals surface area contributed by atoms with E-state index < -0.39 is 76.6 Å². The molecular formula is C91H121N7O20. The van der Waals surface area contributed by atoms with Crippen LogP contribution in [0.25, 0.3) is 0 Å². The molecule has 3 unspecified atom stereocenters.